The Morgan fingerprint density at radius 3 is 1.97 bits per heavy atom. The van der Waals surface area contributed by atoms with Crippen molar-refractivity contribution in [1.29, 1.82) is 0 Å². The highest BCUT2D eigenvalue weighted by Crippen LogP contribution is 2.66. The fourth-order valence-corrected chi connectivity index (χ4v) is 9.84. The summed E-state index contributed by atoms with van der Waals surface area (Å²) in [5.74, 6) is -3.72. The second-order valence-corrected chi connectivity index (χ2v) is 15.9. The number of rotatable bonds is 11. The molecule has 0 aromatic heterocycles. The van der Waals surface area contributed by atoms with E-state index in [-0.39, 0.29) is 24.5 Å². The van der Waals surface area contributed by atoms with Crippen LogP contribution in [-0.4, -0.2) is 65.4 Å². The maximum absolute atomic E-state index is 16.2. The Labute approximate surface area is 364 Å². The van der Waals surface area contributed by atoms with Crippen LogP contribution in [0.1, 0.15) is 59.0 Å². The van der Waals surface area contributed by atoms with Crippen molar-refractivity contribution in [2.24, 2.45) is 5.92 Å². The van der Waals surface area contributed by atoms with Gasteiger partial charge in [0.1, 0.15) is 41.6 Å². The molecule has 3 aliphatic rings. The van der Waals surface area contributed by atoms with E-state index in [0.717, 1.165) is 21.6 Å². The van der Waals surface area contributed by atoms with E-state index in [4.69, 9.17) is 14.2 Å². The molecule has 3 aliphatic heterocycles. The molecule has 12 nitrogen and oxygen atoms in total. The smallest absolute Gasteiger partial charge is 0.329 e. The predicted molar refractivity (Wildman–Crippen MR) is 234 cm³/mol. The van der Waals surface area contributed by atoms with Crippen molar-refractivity contribution in [3.05, 3.63) is 186 Å². The lowest BCUT2D eigenvalue weighted by molar-refractivity contribution is -0.179. The number of carbonyl (C=O) groups is 4. The fourth-order valence-electron chi connectivity index (χ4n) is 9.84. The van der Waals surface area contributed by atoms with Gasteiger partial charge in [0.2, 0.25) is 5.91 Å². The lowest BCUT2D eigenvalue weighted by atomic mass is 9.65. The number of imide groups is 1. The number of ether oxygens (including phenoxy) is 3. The number of nitrogens with zero attached hydrogens (tertiary/aromatic N) is 2. The molecule has 0 aliphatic carbocycles. The highest BCUT2D eigenvalue weighted by Gasteiger charge is 2.76. The molecular formula is C51H45N3O9. The van der Waals surface area contributed by atoms with E-state index >= 15 is 4.79 Å². The number of urea groups is 1. The van der Waals surface area contributed by atoms with Crippen molar-refractivity contribution in [1.82, 2.24) is 10.2 Å². The molecule has 1 spiro atoms. The van der Waals surface area contributed by atoms with E-state index < -0.39 is 65.5 Å². The minimum atomic E-state index is -2.10. The normalized spacial score (nSPS) is 23.1. The SMILES string of the molecule is COc1ccc(-c2ccc3c(c2)[C@]2(C(=O)N3C(=O)N[C@@H](C)c3ccccc3)[C@H](c3ccc(OCCO)cc3)N3[C@H](c4ccccc4)[C@H](c4ccccc4)OC(=O)[C@H]3[C@@H]2C(=O)O)cc1. The first-order chi connectivity index (χ1) is 30.7. The van der Waals surface area contributed by atoms with Crippen LogP contribution in [0.25, 0.3) is 11.1 Å². The molecule has 12 heteroatoms. The van der Waals surface area contributed by atoms with Crippen molar-refractivity contribution in [2.75, 3.05) is 25.2 Å². The number of cyclic esters (lactones) is 1. The van der Waals surface area contributed by atoms with Gasteiger partial charge in [0, 0.05) is 0 Å². The number of esters is 1. The van der Waals surface area contributed by atoms with Crippen molar-refractivity contribution in [3.8, 4) is 22.6 Å². The Morgan fingerprint density at radius 1 is 0.746 bits per heavy atom. The van der Waals surface area contributed by atoms with Gasteiger partial charge in [0.25, 0.3) is 0 Å². The number of aliphatic carboxylic acids is 1. The number of hydrogen-bond acceptors (Lipinski definition) is 9. The number of benzene rings is 6. The number of aliphatic hydroxyl groups is 1. The monoisotopic (exact) mass is 843 g/mol. The van der Waals surface area contributed by atoms with Crippen LogP contribution in [0.2, 0.25) is 0 Å². The molecule has 7 atom stereocenters. The highest BCUT2D eigenvalue weighted by molar-refractivity contribution is 6.24. The van der Waals surface area contributed by atoms with Gasteiger partial charge in [-0.3, -0.25) is 19.3 Å². The number of carboxylic acid groups (broad SMARTS) is 1. The fraction of sp³-hybridized carbons (Fsp3) is 0.216. The van der Waals surface area contributed by atoms with Gasteiger partial charge in [-0.05, 0) is 82.3 Å². The molecular weight excluding hydrogens is 799 g/mol. The topological polar surface area (TPSA) is 155 Å². The number of nitrogens with one attached hydrogen (secondary N) is 1. The van der Waals surface area contributed by atoms with Gasteiger partial charge in [-0.25, -0.2) is 9.69 Å². The van der Waals surface area contributed by atoms with E-state index in [0.29, 0.717) is 28.2 Å². The first-order valence-corrected chi connectivity index (χ1v) is 20.8. The molecule has 2 saturated heterocycles. The largest absolute Gasteiger partial charge is 0.497 e. The summed E-state index contributed by atoms with van der Waals surface area (Å²) in [5.41, 5.74) is 2.44. The third kappa shape index (κ3) is 6.97. The molecule has 0 bridgehead atoms. The number of methoxy groups -OCH3 is 1. The van der Waals surface area contributed by atoms with Crippen LogP contribution >= 0.6 is 0 Å². The zero-order chi connectivity index (χ0) is 43.8. The molecule has 3 amide bonds. The van der Waals surface area contributed by atoms with Crippen LogP contribution in [0.5, 0.6) is 11.5 Å². The summed E-state index contributed by atoms with van der Waals surface area (Å²) in [7, 11) is 1.57. The zero-order valence-electron chi connectivity index (χ0n) is 34.5. The maximum Gasteiger partial charge on any atom is 0.329 e. The van der Waals surface area contributed by atoms with E-state index in [1.165, 1.54) is 0 Å². The third-order valence-electron chi connectivity index (χ3n) is 12.5. The van der Waals surface area contributed by atoms with Gasteiger partial charge in [-0.15, -0.1) is 0 Å². The number of amides is 3. The van der Waals surface area contributed by atoms with Gasteiger partial charge in [0.05, 0.1) is 37.5 Å². The maximum atomic E-state index is 16.2. The summed E-state index contributed by atoms with van der Waals surface area (Å²) in [5, 5.41) is 24.2. The van der Waals surface area contributed by atoms with Crippen LogP contribution < -0.4 is 19.7 Å². The quantitative estimate of drug-likeness (QED) is 0.110. The predicted octanol–water partition coefficient (Wildman–Crippen LogP) is 7.95. The van der Waals surface area contributed by atoms with E-state index in [9.17, 15) is 24.6 Å². The molecule has 9 rings (SSSR count). The van der Waals surface area contributed by atoms with Crippen LogP contribution in [-0.2, 0) is 24.5 Å². The van der Waals surface area contributed by atoms with Crippen LogP contribution in [0.4, 0.5) is 10.5 Å². The number of carboxylic acids is 1. The van der Waals surface area contributed by atoms with Gasteiger partial charge in [-0.2, -0.15) is 0 Å². The first-order valence-electron chi connectivity index (χ1n) is 20.8. The van der Waals surface area contributed by atoms with E-state index in [1.807, 2.05) is 108 Å². The Bertz CT molecular complexity index is 2650. The average Bonchev–Trinajstić information content (AvgIpc) is 3.78. The molecule has 3 N–H and O–H groups in total. The van der Waals surface area contributed by atoms with Gasteiger partial charge in [-0.1, -0.05) is 121 Å². The number of hydrogen-bond donors (Lipinski definition) is 3. The zero-order valence-corrected chi connectivity index (χ0v) is 34.5. The number of aliphatic hydroxyl groups excluding tert-OH is 1. The summed E-state index contributed by atoms with van der Waals surface area (Å²) >= 11 is 0. The molecule has 2 fully saturated rings. The molecule has 0 saturated carbocycles. The molecule has 63 heavy (non-hydrogen) atoms. The summed E-state index contributed by atoms with van der Waals surface area (Å²) in [6.07, 6.45) is -0.927. The lowest BCUT2D eigenvalue weighted by Crippen LogP contribution is -2.54. The molecule has 318 valence electrons. The summed E-state index contributed by atoms with van der Waals surface area (Å²) in [6, 6.07) is 42.6. The molecule has 6 aromatic rings. The molecule has 0 unspecified atom stereocenters. The summed E-state index contributed by atoms with van der Waals surface area (Å²) < 4.78 is 17.6. The Balaban J connectivity index is 1.32. The van der Waals surface area contributed by atoms with Crippen LogP contribution in [0.15, 0.2) is 158 Å². The number of fused-ring (bicyclic) bond motifs is 3. The molecule has 0 radical (unpaired) electrons. The Hall–Kier alpha value is -7.28. The second kappa shape index (κ2) is 16.9. The van der Waals surface area contributed by atoms with E-state index in [1.54, 1.807) is 68.6 Å². The van der Waals surface area contributed by atoms with Crippen molar-refractivity contribution >= 4 is 29.6 Å². The number of carbonyl (C=O) groups excluding carboxylic acids is 3. The summed E-state index contributed by atoms with van der Waals surface area (Å²) in [6.45, 7) is 1.63. The van der Waals surface area contributed by atoms with Crippen molar-refractivity contribution < 1.29 is 43.6 Å². The van der Waals surface area contributed by atoms with Crippen molar-refractivity contribution in [3.63, 3.8) is 0 Å². The minimum Gasteiger partial charge on any atom is -0.497 e. The van der Waals surface area contributed by atoms with Crippen LogP contribution in [0.3, 0.4) is 0 Å². The highest BCUT2D eigenvalue weighted by atomic mass is 16.6. The Kier molecular flexibility index (Phi) is 11.0. The average molecular weight is 844 g/mol. The molecule has 6 aromatic carbocycles. The molecule has 3 heterocycles. The van der Waals surface area contributed by atoms with Crippen molar-refractivity contribution in [2.45, 2.75) is 42.6 Å². The lowest BCUT2D eigenvalue weighted by Gasteiger charge is -2.46. The number of anilines is 1. The van der Waals surface area contributed by atoms with Gasteiger partial charge < -0.3 is 29.7 Å². The van der Waals surface area contributed by atoms with E-state index in [2.05, 4.69) is 5.32 Å². The minimum absolute atomic E-state index is 0.0359. The first kappa shape index (κ1) is 41.1. The third-order valence-corrected chi connectivity index (χ3v) is 12.5. The second-order valence-electron chi connectivity index (χ2n) is 15.9. The number of morpholine rings is 1. The Morgan fingerprint density at radius 2 is 1.35 bits per heavy atom. The van der Waals surface area contributed by atoms with Gasteiger partial charge >= 0.3 is 18.0 Å². The summed E-state index contributed by atoms with van der Waals surface area (Å²) in [4.78, 5) is 63.2. The van der Waals surface area contributed by atoms with Gasteiger partial charge in [0.15, 0.2) is 0 Å². The van der Waals surface area contributed by atoms with Crippen LogP contribution in [0, 0.1) is 5.92 Å². The standard InChI is InChI=1S/C51H45N3O9/c1-31(32-12-6-3-7-13-32)52-50(60)53-41-27-22-37(33-18-23-38(61-2)24-19-33)30-40(41)51(49(53)59)42(47(56)57)44-48(58)63-45(35-16-10-5-11-17-35)43(34-14-8-4-9-15-34)54(44)46(51)36-20-25-39(26-21-36)62-29-28-55/h3-27,30-31,42-46,55H,28-29H2,1-2H3,(H,52,60)(H,56,57)/t31-,42+,43+,44+,45-,46-,51+/m0/s1.